The van der Waals surface area contributed by atoms with Crippen LogP contribution >= 0.6 is 11.6 Å². The number of rotatable bonds is 8. The summed E-state index contributed by atoms with van der Waals surface area (Å²) in [5, 5.41) is 9.86. The number of methoxy groups -OCH3 is 1. The van der Waals surface area contributed by atoms with Crippen LogP contribution in [0.5, 0.6) is 5.75 Å². The summed E-state index contributed by atoms with van der Waals surface area (Å²) in [6, 6.07) is 13.7. The molecule has 0 spiro atoms. The van der Waals surface area contributed by atoms with Gasteiger partial charge in [0.2, 0.25) is 11.7 Å². The van der Waals surface area contributed by atoms with Crippen molar-refractivity contribution >= 4 is 46.5 Å². The predicted molar refractivity (Wildman–Crippen MR) is 155 cm³/mol. The van der Waals surface area contributed by atoms with Gasteiger partial charge < -0.3 is 14.8 Å². The Balaban J connectivity index is 0.000000226. The molecule has 2 heterocycles. The summed E-state index contributed by atoms with van der Waals surface area (Å²) < 4.78 is 13.0. The number of aromatic nitrogens is 5. The van der Waals surface area contributed by atoms with Gasteiger partial charge in [-0.1, -0.05) is 57.8 Å². The number of ketones is 1. The highest BCUT2D eigenvalue weighted by Crippen LogP contribution is 2.27. The van der Waals surface area contributed by atoms with Crippen molar-refractivity contribution < 1.29 is 23.9 Å². The highest BCUT2D eigenvalue weighted by Gasteiger charge is 2.33. The van der Waals surface area contributed by atoms with Gasteiger partial charge in [-0.05, 0) is 42.8 Å². The lowest BCUT2D eigenvalue weighted by Gasteiger charge is -2.25. The average molecular weight is 584 g/mol. The monoisotopic (exact) mass is 583 g/mol. The van der Waals surface area contributed by atoms with Crippen LogP contribution in [-0.4, -0.2) is 55.9 Å². The Hall–Kier alpha value is -4.45. The molecule has 0 saturated carbocycles. The molecule has 4 aromatic rings. The molecule has 41 heavy (non-hydrogen) atoms. The quantitative estimate of drug-likeness (QED) is 0.252. The van der Waals surface area contributed by atoms with E-state index in [1.54, 1.807) is 36.4 Å². The molecule has 218 valence electrons. The summed E-state index contributed by atoms with van der Waals surface area (Å²) in [6.07, 6.45) is 3.18. The highest BCUT2D eigenvalue weighted by atomic mass is 35.5. The van der Waals surface area contributed by atoms with E-state index in [9.17, 15) is 14.4 Å². The first-order valence-electron chi connectivity index (χ1n) is 13.0. The van der Waals surface area contributed by atoms with Crippen molar-refractivity contribution in [3.8, 4) is 5.75 Å². The fourth-order valence-corrected chi connectivity index (χ4v) is 3.61. The standard InChI is InChI=1S/C14H16ClN3O2.C14H18N4O3/c1-14(2,3)12(19)13(18-9-16-8-17-18)20-11-6-4-10(15)5-7-11;1-3-4-9-15-13(19)18-11-8-6-5-7-10(11)16-12(18)17-14(20)21-2/h4-9,13H,1-3H3;5-8H,3-4,9H2,1-2H3,(H,15,19)(H,16,17,20). The summed E-state index contributed by atoms with van der Waals surface area (Å²) >= 11 is 5.83. The summed E-state index contributed by atoms with van der Waals surface area (Å²) in [5.74, 6) is 0.600. The highest BCUT2D eigenvalue weighted by molar-refractivity contribution is 6.30. The number of Topliss-reactive ketones (excluding diaryl/α,β-unsaturated/α-hetero) is 1. The molecule has 2 aromatic heterocycles. The van der Waals surface area contributed by atoms with Crippen molar-refractivity contribution in [3.05, 3.63) is 66.2 Å². The number of nitrogens with one attached hydrogen (secondary N) is 2. The van der Waals surface area contributed by atoms with Crippen LogP contribution < -0.4 is 15.4 Å². The lowest BCUT2D eigenvalue weighted by atomic mass is 9.90. The lowest BCUT2D eigenvalue weighted by molar-refractivity contribution is -0.138. The van der Waals surface area contributed by atoms with Crippen molar-refractivity contribution in [3.63, 3.8) is 0 Å². The van der Waals surface area contributed by atoms with E-state index in [4.69, 9.17) is 16.3 Å². The van der Waals surface area contributed by atoms with E-state index in [0.717, 1.165) is 12.8 Å². The second kappa shape index (κ2) is 14.3. The molecular formula is C28H34ClN7O5. The third kappa shape index (κ3) is 8.52. The number of hydrogen-bond acceptors (Lipinski definition) is 8. The Morgan fingerprint density at radius 1 is 1.07 bits per heavy atom. The number of para-hydroxylation sites is 2. The number of anilines is 1. The minimum atomic E-state index is -0.848. The van der Waals surface area contributed by atoms with Crippen molar-refractivity contribution in [2.45, 2.75) is 46.8 Å². The van der Waals surface area contributed by atoms with Crippen molar-refractivity contribution in [1.29, 1.82) is 0 Å². The predicted octanol–water partition coefficient (Wildman–Crippen LogP) is 5.70. The van der Waals surface area contributed by atoms with E-state index >= 15 is 0 Å². The SMILES string of the molecule is CC(C)(C)C(=O)C(Oc1ccc(Cl)cc1)n1cncn1.CCCCNC(=O)n1c(NC(=O)OC)nc2ccccc21. The first-order valence-corrected chi connectivity index (χ1v) is 13.3. The summed E-state index contributed by atoms with van der Waals surface area (Å²) in [6.45, 7) is 8.13. The maximum Gasteiger partial charge on any atom is 0.413 e. The topological polar surface area (TPSA) is 142 Å². The number of imidazole rings is 1. The fourth-order valence-electron chi connectivity index (χ4n) is 3.49. The third-order valence-corrected chi connectivity index (χ3v) is 5.92. The normalized spacial score (nSPS) is 11.7. The van der Waals surface area contributed by atoms with Crippen molar-refractivity contribution in [1.82, 2.24) is 29.6 Å². The van der Waals surface area contributed by atoms with E-state index in [2.05, 4.69) is 30.4 Å². The number of carbonyl (C=O) groups is 3. The molecular weight excluding hydrogens is 550 g/mol. The molecule has 1 unspecified atom stereocenters. The van der Waals surface area contributed by atoms with Gasteiger partial charge in [0, 0.05) is 17.0 Å². The van der Waals surface area contributed by atoms with Crippen LogP contribution in [0.1, 0.15) is 46.8 Å². The zero-order chi connectivity index (χ0) is 30.0. The molecule has 2 aromatic carbocycles. The second-order valence-electron chi connectivity index (χ2n) is 9.88. The van der Waals surface area contributed by atoms with Gasteiger partial charge in [-0.25, -0.2) is 28.8 Å². The second-order valence-corrected chi connectivity index (χ2v) is 10.3. The van der Waals surface area contributed by atoms with Crippen molar-refractivity contribution in [2.75, 3.05) is 19.0 Å². The number of ether oxygens (including phenoxy) is 2. The molecule has 4 rings (SSSR count). The van der Waals surface area contributed by atoms with Crippen LogP contribution in [0.4, 0.5) is 15.5 Å². The van der Waals surface area contributed by atoms with Crippen LogP contribution in [0.3, 0.4) is 0 Å². The Morgan fingerprint density at radius 2 is 1.78 bits per heavy atom. The molecule has 0 aliphatic rings. The molecule has 0 saturated heterocycles. The average Bonchev–Trinajstić information content (AvgIpc) is 3.60. The van der Waals surface area contributed by atoms with Gasteiger partial charge in [0.1, 0.15) is 18.4 Å². The number of halogens is 1. The van der Waals surface area contributed by atoms with Gasteiger partial charge in [-0.15, -0.1) is 0 Å². The molecule has 2 N–H and O–H groups in total. The number of hydrogen-bond donors (Lipinski definition) is 2. The summed E-state index contributed by atoms with van der Waals surface area (Å²) in [4.78, 5) is 44.3. The number of amides is 2. The maximum absolute atomic E-state index is 12.5. The molecule has 0 bridgehead atoms. The number of nitrogens with zero attached hydrogens (tertiary/aromatic N) is 5. The number of fused-ring (bicyclic) bond motifs is 1. The minimum Gasteiger partial charge on any atom is -0.461 e. The molecule has 0 aliphatic heterocycles. The smallest absolute Gasteiger partial charge is 0.413 e. The zero-order valence-corrected chi connectivity index (χ0v) is 24.4. The van der Waals surface area contributed by atoms with E-state index in [1.165, 1.54) is 29.0 Å². The first kappa shape index (κ1) is 31.1. The molecule has 0 aliphatic carbocycles. The number of carbonyl (C=O) groups excluding carboxylic acids is 3. The van der Waals surface area contributed by atoms with Crippen LogP contribution in [0.15, 0.2) is 61.2 Å². The van der Waals surface area contributed by atoms with Crippen LogP contribution in [0.25, 0.3) is 11.0 Å². The van der Waals surface area contributed by atoms with Gasteiger partial charge in [-0.2, -0.15) is 5.10 Å². The molecule has 0 fully saturated rings. The first-order chi connectivity index (χ1) is 19.5. The largest absolute Gasteiger partial charge is 0.461 e. The fraction of sp³-hybridized carbons (Fsp3) is 0.357. The molecule has 1 atom stereocenters. The van der Waals surface area contributed by atoms with Gasteiger partial charge >= 0.3 is 12.1 Å². The van der Waals surface area contributed by atoms with Gasteiger partial charge in [0.25, 0.3) is 6.23 Å². The van der Waals surface area contributed by atoms with E-state index in [-0.39, 0.29) is 17.8 Å². The van der Waals surface area contributed by atoms with Crippen molar-refractivity contribution in [2.24, 2.45) is 5.41 Å². The number of benzene rings is 2. The minimum absolute atomic E-state index is 0.0852. The van der Waals surface area contributed by atoms with Gasteiger partial charge in [0.05, 0.1) is 18.1 Å². The Labute approximate surface area is 243 Å². The molecule has 13 heteroatoms. The Bertz CT molecular complexity index is 1450. The Kier molecular flexibility index (Phi) is 10.8. The maximum atomic E-state index is 12.5. The zero-order valence-electron chi connectivity index (χ0n) is 23.6. The van der Waals surface area contributed by atoms with Crippen LogP contribution in [0.2, 0.25) is 5.02 Å². The molecule has 0 radical (unpaired) electrons. The lowest BCUT2D eigenvalue weighted by Crippen LogP contribution is -2.34. The summed E-state index contributed by atoms with van der Waals surface area (Å²) in [7, 11) is 1.25. The number of unbranched alkanes of at least 4 members (excludes halogenated alkanes) is 1. The molecule has 2 amide bonds. The van der Waals surface area contributed by atoms with E-state index in [1.807, 2.05) is 39.8 Å². The third-order valence-electron chi connectivity index (χ3n) is 5.67. The Morgan fingerprint density at radius 3 is 2.39 bits per heavy atom. The van der Waals surface area contributed by atoms with Crippen LogP contribution in [0, 0.1) is 5.41 Å². The summed E-state index contributed by atoms with van der Waals surface area (Å²) in [5.41, 5.74) is 0.690. The van der Waals surface area contributed by atoms with Gasteiger partial charge in [-0.3, -0.25) is 10.1 Å². The van der Waals surface area contributed by atoms with E-state index in [0.29, 0.717) is 28.4 Å². The van der Waals surface area contributed by atoms with E-state index < -0.39 is 17.7 Å². The van der Waals surface area contributed by atoms with Gasteiger partial charge in [0.15, 0.2) is 0 Å². The molecule has 12 nitrogen and oxygen atoms in total. The van der Waals surface area contributed by atoms with Crippen LogP contribution in [-0.2, 0) is 9.53 Å².